The average Bonchev–Trinajstić information content (AvgIpc) is 3.24. The zero-order chi connectivity index (χ0) is 20.3. The molecule has 6 nitrogen and oxygen atoms in total. The normalized spacial score (nSPS) is 18.7. The molecule has 0 saturated carbocycles. The Labute approximate surface area is 181 Å². The van der Waals surface area contributed by atoms with Crippen LogP contribution in [0.4, 0.5) is 5.82 Å². The summed E-state index contributed by atoms with van der Waals surface area (Å²) in [5.41, 5.74) is 3.99. The van der Waals surface area contributed by atoms with Crippen LogP contribution in [0.15, 0.2) is 30.5 Å². The quantitative estimate of drug-likeness (QED) is 0.557. The first kappa shape index (κ1) is 19.8. The number of rotatable bonds is 5. The van der Waals surface area contributed by atoms with Crippen LogP contribution < -0.4 is 10.6 Å². The van der Waals surface area contributed by atoms with Gasteiger partial charge in [-0.25, -0.2) is 9.97 Å². The van der Waals surface area contributed by atoms with Gasteiger partial charge in [0, 0.05) is 48.5 Å². The molecule has 0 bridgehead atoms. The van der Waals surface area contributed by atoms with Crippen LogP contribution in [0.25, 0.3) is 22.3 Å². The van der Waals surface area contributed by atoms with Crippen LogP contribution in [0, 0.1) is 5.92 Å². The van der Waals surface area contributed by atoms with Crippen molar-refractivity contribution in [3.05, 3.63) is 41.2 Å². The Kier molecular flexibility index (Phi) is 5.88. The second kappa shape index (κ2) is 8.92. The predicted molar refractivity (Wildman–Crippen MR) is 121 cm³/mol. The number of ether oxygens (including phenoxy) is 1. The third-order valence-electron chi connectivity index (χ3n) is 6.35. The van der Waals surface area contributed by atoms with E-state index < -0.39 is 0 Å². The Morgan fingerprint density at radius 2 is 1.93 bits per heavy atom. The molecule has 0 aliphatic carbocycles. The molecular formula is C23H28ClN5O. The average molecular weight is 426 g/mol. The minimum Gasteiger partial charge on any atom is -0.381 e. The minimum absolute atomic E-state index is 0.546. The number of piperidine rings is 1. The molecule has 2 fully saturated rings. The third kappa shape index (κ3) is 4.17. The number of aromatic nitrogens is 3. The van der Waals surface area contributed by atoms with Crippen molar-refractivity contribution >= 4 is 28.5 Å². The van der Waals surface area contributed by atoms with Gasteiger partial charge in [0.05, 0.1) is 10.7 Å². The van der Waals surface area contributed by atoms with Crippen LogP contribution in [0.5, 0.6) is 0 Å². The minimum atomic E-state index is 0.546. The van der Waals surface area contributed by atoms with E-state index in [0.29, 0.717) is 16.9 Å². The summed E-state index contributed by atoms with van der Waals surface area (Å²) in [4.78, 5) is 13.0. The SMILES string of the molecule is Clc1ccc(NCC2CCOCC2)nc1-c1ccnc2[nH]c(C3CCNCC3)cc12. The molecule has 0 radical (unpaired) electrons. The van der Waals surface area contributed by atoms with Crippen LogP contribution in [0.3, 0.4) is 0 Å². The lowest BCUT2D eigenvalue weighted by atomic mass is 9.94. The van der Waals surface area contributed by atoms with Crippen LogP contribution >= 0.6 is 11.6 Å². The largest absolute Gasteiger partial charge is 0.381 e. The molecule has 0 unspecified atom stereocenters. The van der Waals surface area contributed by atoms with E-state index >= 15 is 0 Å². The molecule has 2 saturated heterocycles. The van der Waals surface area contributed by atoms with Crippen molar-refractivity contribution in [2.24, 2.45) is 5.92 Å². The summed E-state index contributed by atoms with van der Waals surface area (Å²) in [6.45, 7) is 4.75. The fourth-order valence-corrected chi connectivity index (χ4v) is 4.74. The van der Waals surface area contributed by atoms with Crippen LogP contribution in [0.2, 0.25) is 5.02 Å². The second-order valence-electron chi connectivity index (χ2n) is 8.33. The van der Waals surface area contributed by atoms with E-state index in [1.807, 2.05) is 24.4 Å². The Hall–Kier alpha value is -2.15. The fraction of sp³-hybridized carbons (Fsp3) is 0.478. The maximum atomic E-state index is 6.59. The standard InChI is InChI=1S/C23H28ClN5O/c24-19-1-2-21(27-14-15-6-11-30-12-7-15)29-22(19)17-5-10-26-23-18(17)13-20(28-23)16-3-8-25-9-4-16/h1-2,5,10,13,15-16,25H,3-4,6-9,11-12,14H2,(H,26,28)(H,27,29). The topological polar surface area (TPSA) is 74.9 Å². The third-order valence-corrected chi connectivity index (χ3v) is 6.65. The summed E-state index contributed by atoms with van der Waals surface area (Å²) < 4.78 is 5.46. The molecule has 30 heavy (non-hydrogen) atoms. The lowest BCUT2D eigenvalue weighted by molar-refractivity contribution is 0.0699. The molecule has 0 spiro atoms. The summed E-state index contributed by atoms with van der Waals surface area (Å²) in [6.07, 6.45) is 6.32. The van der Waals surface area contributed by atoms with Gasteiger partial charge in [0.1, 0.15) is 11.5 Å². The van der Waals surface area contributed by atoms with Crippen molar-refractivity contribution in [1.82, 2.24) is 20.3 Å². The van der Waals surface area contributed by atoms with E-state index in [0.717, 1.165) is 86.6 Å². The summed E-state index contributed by atoms with van der Waals surface area (Å²) >= 11 is 6.59. The summed E-state index contributed by atoms with van der Waals surface area (Å²) in [5, 5.41) is 8.68. The molecule has 3 N–H and O–H groups in total. The van der Waals surface area contributed by atoms with Crippen molar-refractivity contribution < 1.29 is 4.74 Å². The van der Waals surface area contributed by atoms with Gasteiger partial charge in [0.15, 0.2) is 0 Å². The summed E-state index contributed by atoms with van der Waals surface area (Å²) in [5.74, 6) is 2.04. The Morgan fingerprint density at radius 3 is 2.77 bits per heavy atom. The molecule has 2 aliphatic rings. The van der Waals surface area contributed by atoms with Crippen LogP contribution in [-0.4, -0.2) is 47.8 Å². The first-order chi connectivity index (χ1) is 14.8. The Bertz CT molecular complexity index is 1010. The molecule has 5 rings (SSSR count). The van der Waals surface area contributed by atoms with Crippen molar-refractivity contribution in [2.75, 3.05) is 38.2 Å². The smallest absolute Gasteiger partial charge is 0.138 e. The molecule has 2 aliphatic heterocycles. The molecule has 0 atom stereocenters. The molecule has 5 heterocycles. The van der Waals surface area contributed by atoms with Gasteiger partial charge in [0.2, 0.25) is 0 Å². The molecule has 0 amide bonds. The number of nitrogens with zero attached hydrogens (tertiary/aromatic N) is 2. The molecular weight excluding hydrogens is 398 g/mol. The van der Waals surface area contributed by atoms with Gasteiger partial charge in [-0.1, -0.05) is 11.6 Å². The predicted octanol–water partition coefficient (Wildman–Crippen LogP) is 4.58. The Morgan fingerprint density at radius 1 is 1.10 bits per heavy atom. The number of aromatic amines is 1. The second-order valence-corrected chi connectivity index (χ2v) is 8.74. The highest BCUT2D eigenvalue weighted by Crippen LogP contribution is 2.35. The Balaban J connectivity index is 1.43. The van der Waals surface area contributed by atoms with Gasteiger partial charge in [-0.3, -0.25) is 0 Å². The van der Waals surface area contributed by atoms with Crippen LogP contribution in [-0.2, 0) is 4.74 Å². The van der Waals surface area contributed by atoms with Gasteiger partial charge in [-0.15, -0.1) is 0 Å². The van der Waals surface area contributed by atoms with Gasteiger partial charge < -0.3 is 20.4 Å². The van der Waals surface area contributed by atoms with E-state index in [1.165, 1.54) is 5.69 Å². The number of anilines is 1. The summed E-state index contributed by atoms with van der Waals surface area (Å²) in [7, 11) is 0. The van der Waals surface area contributed by atoms with E-state index in [4.69, 9.17) is 21.3 Å². The number of H-pyrrole nitrogens is 1. The zero-order valence-corrected chi connectivity index (χ0v) is 17.8. The first-order valence-corrected chi connectivity index (χ1v) is 11.3. The van der Waals surface area contributed by atoms with E-state index in [9.17, 15) is 0 Å². The highest BCUT2D eigenvalue weighted by molar-refractivity contribution is 6.33. The van der Waals surface area contributed by atoms with Gasteiger partial charge in [0.25, 0.3) is 0 Å². The van der Waals surface area contributed by atoms with Crippen molar-refractivity contribution in [3.8, 4) is 11.3 Å². The molecule has 158 valence electrons. The summed E-state index contributed by atoms with van der Waals surface area (Å²) in [6, 6.07) is 8.15. The number of halogens is 1. The zero-order valence-electron chi connectivity index (χ0n) is 17.1. The molecule has 0 aromatic carbocycles. The van der Waals surface area contributed by atoms with Gasteiger partial charge in [-0.2, -0.15) is 0 Å². The number of pyridine rings is 2. The lowest BCUT2D eigenvalue weighted by Crippen LogP contribution is -2.26. The maximum absolute atomic E-state index is 6.59. The number of fused-ring (bicyclic) bond motifs is 1. The van der Waals surface area contributed by atoms with Crippen molar-refractivity contribution in [2.45, 2.75) is 31.6 Å². The monoisotopic (exact) mass is 425 g/mol. The highest BCUT2D eigenvalue weighted by atomic mass is 35.5. The number of nitrogens with one attached hydrogen (secondary N) is 3. The molecule has 3 aromatic rings. The first-order valence-electron chi connectivity index (χ1n) is 10.9. The lowest BCUT2D eigenvalue weighted by Gasteiger charge is -2.22. The van der Waals surface area contributed by atoms with Crippen LogP contribution in [0.1, 0.15) is 37.3 Å². The van der Waals surface area contributed by atoms with Gasteiger partial charge in [-0.05, 0) is 69.0 Å². The van der Waals surface area contributed by atoms with E-state index in [-0.39, 0.29) is 0 Å². The maximum Gasteiger partial charge on any atom is 0.138 e. The van der Waals surface area contributed by atoms with E-state index in [2.05, 4.69) is 26.7 Å². The van der Waals surface area contributed by atoms with Crippen molar-refractivity contribution in [1.29, 1.82) is 0 Å². The number of hydrogen-bond donors (Lipinski definition) is 3. The van der Waals surface area contributed by atoms with Gasteiger partial charge >= 0.3 is 0 Å². The van der Waals surface area contributed by atoms with Crippen molar-refractivity contribution in [3.63, 3.8) is 0 Å². The number of hydrogen-bond acceptors (Lipinski definition) is 5. The molecule has 3 aromatic heterocycles. The highest BCUT2D eigenvalue weighted by Gasteiger charge is 2.20. The van der Waals surface area contributed by atoms with E-state index in [1.54, 1.807) is 0 Å². The fourth-order valence-electron chi connectivity index (χ4n) is 4.54. The molecule has 7 heteroatoms.